The van der Waals surface area contributed by atoms with Crippen molar-refractivity contribution in [3.8, 4) is 0 Å². The van der Waals surface area contributed by atoms with Crippen molar-refractivity contribution in [1.29, 1.82) is 0 Å². The Morgan fingerprint density at radius 1 is 1.18 bits per heavy atom. The third-order valence-electron chi connectivity index (χ3n) is 2.71. The maximum atomic E-state index is 11.5. The number of ketones is 1. The van der Waals surface area contributed by atoms with Crippen LogP contribution in [0.5, 0.6) is 0 Å². The Labute approximate surface area is 104 Å². The van der Waals surface area contributed by atoms with E-state index in [2.05, 4.69) is 32.2 Å². The van der Waals surface area contributed by atoms with Gasteiger partial charge in [0.2, 0.25) is 0 Å². The molecule has 0 unspecified atom stereocenters. The highest BCUT2D eigenvalue weighted by Gasteiger charge is 2.11. The van der Waals surface area contributed by atoms with Crippen molar-refractivity contribution in [3.63, 3.8) is 0 Å². The van der Waals surface area contributed by atoms with Crippen molar-refractivity contribution < 1.29 is 4.79 Å². The summed E-state index contributed by atoms with van der Waals surface area (Å²) in [5.41, 5.74) is 2.47. The molecule has 0 saturated carbocycles. The first-order valence-corrected chi connectivity index (χ1v) is 6.26. The SMILES string of the molecule is CCC(=O)Cc1ccccc1CNC(C)(C)C. The fraction of sp³-hybridized carbons (Fsp3) is 0.533. The lowest BCUT2D eigenvalue weighted by atomic mass is 10.00. The normalized spacial score (nSPS) is 11.5. The van der Waals surface area contributed by atoms with Crippen LogP contribution in [0.4, 0.5) is 0 Å². The lowest BCUT2D eigenvalue weighted by Gasteiger charge is -2.21. The van der Waals surface area contributed by atoms with E-state index in [0.29, 0.717) is 18.6 Å². The first kappa shape index (κ1) is 13.9. The van der Waals surface area contributed by atoms with Crippen molar-refractivity contribution in [2.75, 3.05) is 0 Å². The summed E-state index contributed by atoms with van der Waals surface area (Å²) < 4.78 is 0. The minimum Gasteiger partial charge on any atom is -0.308 e. The molecule has 94 valence electrons. The van der Waals surface area contributed by atoms with Crippen LogP contribution in [-0.2, 0) is 17.8 Å². The van der Waals surface area contributed by atoms with Gasteiger partial charge in [-0.05, 0) is 31.9 Å². The highest BCUT2D eigenvalue weighted by Crippen LogP contribution is 2.12. The number of carbonyl (C=O) groups is 1. The number of Topliss-reactive ketones (excluding diaryl/α,β-unsaturated/α-hetero) is 1. The van der Waals surface area contributed by atoms with Gasteiger partial charge in [0, 0.05) is 24.9 Å². The van der Waals surface area contributed by atoms with Crippen LogP contribution in [0.2, 0.25) is 0 Å². The molecular formula is C15H23NO. The Morgan fingerprint density at radius 3 is 2.29 bits per heavy atom. The zero-order valence-electron chi connectivity index (χ0n) is 11.3. The van der Waals surface area contributed by atoms with Crippen LogP contribution in [0.3, 0.4) is 0 Å². The van der Waals surface area contributed by atoms with Crippen LogP contribution in [0.25, 0.3) is 0 Å². The first-order chi connectivity index (χ1) is 7.92. The summed E-state index contributed by atoms with van der Waals surface area (Å²) in [6.07, 6.45) is 1.17. The van der Waals surface area contributed by atoms with Gasteiger partial charge in [-0.25, -0.2) is 0 Å². The van der Waals surface area contributed by atoms with Crippen LogP contribution in [-0.4, -0.2) is 11.3 Å². The van der Waals surface area contributed by atoms with Gasteiger partial charge in [0.1, 0.15) is 5.78 Å². The summed E-state index contributed by atoms with van der Waals surface area (Å²) in [6.45, 7) is 9.17. The standard InChI is InChI=1S/C15H23NO/c1-5-14(17)10-12-8-6-7-9-13(12)11-16-15(2,3)4/h6-9,16H,5,10-11H2,1-4H3. The number of rotatable bonds is 5. The molecule has 0 fully saturated rings. The van der Waals surface area contributed by atoms with Crippen LogP contribution in [0.1, 0.15) is 45.2 Å². The fourth-order valence-electron chi connectivity index (χ4n) is 1.60. The van der Waals surface area contributed by atoms with E-state index in [1.165, 1.54) is 5.56 Å². The van der Waals surface area contributed by atoms with Crippen LogP contribution in [0, 0.1) is 0 Å². The van der Waals surface area contributed by atoms with E-state index in [4.69, 9.17) is 0 Å². The molecule has 0 spiro atoms. The number of benzene rings is 1. The third kappa shape index (κ3) is 5.14. The van der Waals surface area contributed by atoms with Crippen molar-refractivity contribution >= 4 is 5.78 Å². The molecule has 2 nitrogen and oxygen atoms in total. The van der Waals surface area contributed by atoms with Gasteiger partial charge in [-0.15, -0.1) is 0 Å². The number of carbonyl (C=O) groups excluding carboxylic acids is 1. The van der Waals surface area contributed by atoms with Crippen molar-refractivity contribution in [1.82, 2.24) is 5.32 Å². The first-order valence-electron chi connectivity index (χ1n) is 6.26. The summed E-state index contributed by atoms with van der Waals surface area (Å²) in [5, 5.41) is 3.46. The Morgan fingerprint density at radius 2 is 1.76 bits per heavy atom. The van der Waals surface area contributed by atoms with Crippen LogP contribution >= 0.6 is 0 Å². The maximum absolute atomic E-state index is 11.5. The molecule has 0 heterocycles. The van der Waals surface area contributed by atoms with Gasteiger partial charge in [0.25, 0.3) is 0 Å². The highest BCUT2D eigenvalue weighted by atomic mass is 16.1. The van der Waals surface area contributed by atoms with E-state index in [1.807, 2.05) is 25.1 Å². The molecule has 0 amide bonds. The zero-order valence-corrected chi connectivity index (χ0v) is 11.3. The van der Waals surface area contributed by atoms with E-state index in [-0.39, 0.29) is 5.54 Å². The molecule has 0 bridgehead atoms. The average Bonchev–Trinajstić information content (AvgIpc) is 2.26. The molecule has 1 aromatic carbocycles. The quantitative estimate of drug-likeness (QED) is 0.846. The average molecular weight is 233 g/mol. The summed E-state index contributed by atoms with van der Waals surface area (Å²) in [7, 11) is 0. The number of nitrogens with one attached hydrogen (secondary N) is 1. The minimum absolute atomic E-state index is 0.0991. The van der Waals surface area contributed by atoms with E-state index in [1.54, 1.807) is 0 Å². The van der Waals surface area contributed by atoms with Gasteiger partial charge in [0.05, 0.1) is 0 Å². The molecule has 0 aliphatic heterocycles. The predicted octanol–water partition coefficient (Wildman–Crippen LogP) is 3.10. The topological polar surface area (TPSA) is 29.1 Å². The predicted molar refractivity (Wildman–Crippen MR) is 72.0 cm³/mol. The monoisotopic (exact) mass is 233 g/mol. The molecule has 0 radical (unpaired) electrons. The molecule has 0 aliphatic carbocycles. The van der Waals surface area contributed by atoms with E-state index in [0.717, 1.165) is 12.1 Å². The van der Waals surface area contributed by atoms with Gasteiger partial charge in [-0.1, -0.05) is 31.2 Å². The Bertz CT molecular complexity index is 377. The van der Waals surface area contributed by atoms with Gasteiger partial charge in [-0.3, -0.25) is 4.79 Å². The van der Waals surface area contributed by atoms with Gasteiger partial charge < -0.3 is 5.32 Å². The fourth-order valence-corrected chi connectivity index (χ4v) is 1.60. The van der Waals surface area contributed by atoms with Gasteiger partial charge >= 0.3 is 0 Å². The second-order valence-corrected chi connectivity index (χ2v) is 5.44. The maximum Gasteiger partial charge on any atom is 0.137 e. The molecule has 2 heteroatoms. The molecule has 1 N–H and O–H groups in total. The summed E-state index contributed by atoms with van der Waals surface area (Å²) in [6, 6.07) is 8.17. The number of hydrogen-bond donors (Lipinski definition) is 1. The van der Waals surface area contributed by atoms with Crippen LogP contribution in [0.15, 0.2) is 24.3 Å². The highest BCUT2D eigenvalue weighted by molar-refractivity contribution is 5.80. The molecule has 1 aromatic rings. The second-order valence-electron chi connectivity index (χ2n) is 5.44. The molecular weight excluding hydrogens is 210 g/mol. The number of hydrogen-bond acceptors (Lipinski definition) is 2. The van der Waals surface area contributed by atoms with Crippen molar-refractivity contribution in [3.05, 3.63) is 35.4 Å². The second kappa shape index (κ2) is 5.97. The smallest absolute Gasteiger partial charge is 0.137 e. The lowest BCUT2D eigenvalue weighted by Crippen LogP contribution is -2.35. The van der Waals surface area contributed by atoms with Crippen molar-refractivity contribution in [2.45, 2.75) is 52.6 Å². The van der Waals surface area contributed by atoms with Crippen molar-refractivity contribution in [2.24, 2.45) is 0 Å². The molecule has 0 saturated heterocycles. The van der Waals surface area contributed by atoms with E-state index >= 15 is 0 Å². The lowest BCUT2D eigenvalue weighted by molar-refractivity contribution is -0.118. The minimum atomic E-state index is 0.0991. The molecule has 17 heavy (non-hydrogen) atoms. The molecule has 0 atom stereocenters. The zero-order chi connectivity index (χ0) is 12.9. The Balaban J connectivity index is 2.74. The molecule has 1 rings (SSSR count). The van der Waals surface area contributed by atoms with E-state index < -0.39 is 0 Å². The van der Waals surface area contributed by atoms with Gasteiger partial charge in [0.15, 0.2) is 0 Å². The Kier molecular flexibility index (Phi) is 4.88. The largest absolute Gasteiger partial charge is 0.308 e. The third-order valence-corrected chi connectivity index (χ3v) is 2.71. The van der Waals surface area contributed by atoms with E-state index in [9.17, 15) is 4.79 Å². The summed E-state index contributed by atoms with van der Waals surface area (Å²) in [5.74, 6) is 0.299. The van der Waals surface area contributed by atoms with Gasteiger partial charge in [-0.2, -0.15) is 0 Å². The molecule has 0 aliphatic rings. The summed E-state index contributed by atoms with van der Waals surface area (Å²) >= 11 is 0. The van der Waals surface area contributed by atoms with Crippen LogP contribution < -0.4 is 5.32 Å². The molecule has 0 aromatic heterocycles. The Hall–Kier alpha value is -1.15. The summed E-state index contributed by atoms with van der Waals surface area (Å²) in [4.78, 5) is 11.5.